The molecule has 1 fully saturated rings. The van der Waals surface area contributed by atoms with Crippen molar-refractivity contribution in [2.45, 2.75) is 45.3 Å². The third-order valence-corrected chi connectivity index (χ3v) is 4.58. The van der Waals surface area contributed by atoms with Crippen molar-refractivity contribution in [3.8, 4) is 0 Å². The van der Waals surface area contributed by atoms with Gasteiger partial charge in [0, 0.05) is 31.0 Å². The molecular formula is C21H28N6O3. The molecule has 1 aliphatic heterocycles. The Morgan fingerprint density at radius 2 is 1.83 bits per heavy atom. The maximum Gasteiger partial charge on any atom is 0.407 e. The Labute approximate surface area is 176 Å². The number of anilines is 3. The van der Waals surface area contributed by atoms with Crippen LogP contribution in [0.5, 0.6) is 0 Å². The van der Waals surface area contributed by atoms with Gasteiger partial charge in [-0.05, 0) is 45.7 Å². The fraction of sp³-hybridized carbons (Fsp3) is 0.429. The molecule has 9 nitrogen and oxygen atoms in total. The molecule has 1 saturated heterocycles. The van der Waals surface area contributed by atoms with Crippen molar-refractivity contribution in [2.75, 3.05) is 29.0 Å². The Morgan fingerprint density at radius 1 is 1.17 bits per heavy atom. The van der Waals surface area contributed by atoms with Crippen LogP contribution in [0.2, 0.25) is 0 Å². The number of piperidine rings is 1. The number of nitrogen functional groups attached to an aromatic ring is 1. The average molecular weight is 412 g/mol. The molecule has 9 heteroatoms. The van der Waals surface area contributed by atoms with Gasteiger partial charge in [-0.25, -0.2) is 9.78 Å². The van der Waals surface area contributed by atoms with Gasteiger partial charge in [-0.1, -0.05) is 18.2 Å². The number of nitrogens with two attached hydrogens (primary N) is 1. The van der Waals surface area contributed by atoms with Crippen molar-refractivity contribution in [1.82, 2.24) is 15.3 Å². The number of hydrogen-bond donors (Lipinski definition) is 3. The molecule has 2 heterocycles. The molecule has 0 radical (unpaired) electrons. The number of rotatable bonds is 4. The van der Waals surface area contributed by atoms with Gasteiger partial charge >= 0.3 is 6.09 Å². The van der Waals surface area contributed by atoms with Crippen molar-refractivity contribution >= 4 is 29.5 Å². The van der Waals surface area contributed by atoms with Gasteiger partial charge in [0.2, 0.25) is 5.95 Å². The number of aromatic nitrogens is 2. The third-order valence-electron chi connectivity index (χ3n) is 4.58. The number of alkyl carbamates (subject to hydrolysis) is 1. The van der Waals surface area contributed by atoms with E-state index in [-0.39, 0.29) is 23.3 Å². The normalized spacial score (nSPS) is 14.8. The molecule has 1 aromatic heterocycles. The zero-order valence-electron chi connectivity index (χ0n) is 17.5. The molecule has 0 saturated carbocycles. The van der Waals surface area contributed by atoms with Crippen molar-refractivity contribution in [2.24, 2.45) is 0 Å². The third kappa shape index (κ3) is 5.82. The first-order valence-electron chi connectivity index (χ1n) is 9.94. The number of nitrogens with one attached hydrogen (secondary N) is 2. The quantitative estimate of drug-likeness (QED) is 0.706. The van der Waals surface area contributed by atoms with Gasteiger partial charge < -0.3 is 26.0 Å². The maximum absolute atomic E-state index is 12.4. The van der Waals surface area contributed by atoms with Crippen LogP contribution in [-0.4, -0.2) is 46.7 Å². The Morgan fingerprint density at radius 3 is 2.43 bits per heavy atom. The van der Waals surface area contributed by atoms with Crippen LogP contribution in [0.1, 0.15) is 44.0 Å². The highest BCUT2D eigenvalue weighted by Crippen LogP contribution is 2.20. The molecule has 2 aromatic rings. The van der Waals surface area contributed by atoms with Gasteiger partial charge in [-0.3, -0.25) is 4.79 Å². The molecule has 3 rings (SSSR count). The predicted octanol–water partition coefficient (Wildman–Crippen LogP) is 2.80. The van der Waals surface area contributed by atoms with E-state index in [1.54, 1.807) is 12.1 Å². The smallest absolute Gasteiger partial charge is 0.407 e. The number of hydrogen-bond acceptors (Lipinski definition) is 7. The minimum Gasteiger partial charge on any atom is -0.444 e. The lowest BCUT2D eigenvalue weighted by Crippen LogP contribution is -2.46. The minimum absolute atomic E-state index is 0.0318. The van der Waals surface area contributed by atoms with Crippen LogP contribution >= 0.6 is 0 Å². The number of nitrogens with zero attached hydrogens (tertiary/aromatic N) is 3. The largest absolute Gasteiger partial charge is 0.444 e. The summed E-state index contributed by atoms with van der Waals surface area (Å²) in [6.45, 7) is 6.83. The Hall–Kier alpha value is -3.36. The molecule has 1 aliphatic rings. The zero-order chi connectivity index (χ0) is 21.7. The molecular weight excluding hydrogens is 384 g/mol. The highest BCUT2D eigenvalue weighted by atomic mass is 16.6. The summed E-state index contributed by atoms with van der Waals surface area (Å²) < 4.78 is 5.30. The Balaban J connectivity index is 1.56. The highest BCUT2D eigenvalue weighted by Gasteiger charge is 2.25. The predicted molar refractivity (Wildman–Crippen MR) is 115 cm³/mol. The average Bonchev–Trinajstić information content (AvgIpc) is 2.67. The molecule has 160 valence electrons. The van der Waals surface area contributed by atoms with E-state index in [0.29, 0.717) is 24.7 Å². The minimum atomic E-state index is -0.523. The number of amides is 2. The van der Waals surface area contributed by atoms with E-state index in [4.69, 9.17) is 10.5 Å². The molecule has 30 heavy (non-hydrogen) atoms. The summed E-state index contributed by atoms with van der Waals surface area (Å²) in [6.07, 6.45) is 2.51. The van der Waals surface area contributed by atoms with E-state index < -0.39 is 11.7 Å². The van der Waals surface area contributed by atoms with E-state index in [1.165, 1.54) is 6.20 Å². The monoisotopic (exact) mass is 412 g/mol. The van der Waals surface area contributed by atoms with Crippen LogP contribution < -0.4 is 21.3 Å². The van der Waals surface area contributed by atoms with Gasteiger partial charge in [-0.2, -0.15) is 4.98 Å². The van der Waals surface area contributed by atoms with E-state index in [1.807, 2.05) is 43.9 Å². The fourth-order valence-electron chi connectivity index (χ4n) is 3.13. The second-order valence-electron chi connectivity index (χ2n) is 8.20. The van der Waals surface area contributed by atoms with E-state index in [2.05, 4.69) is 20.6 Å². The number of carbonyl (C=O) groups is 2. The molecule has 0 unspecified atom stereocenters. The molecule has 0 aliphatic carbocycles. The van der Waals surface area contributed by atoms with Crippen LogP contribution in [0.15, 0.2) is 36.5 Å². The van der Waals surface area contributed by atoms with Crippen molar-refractivity contribution in [1.29, 1.82) is 0 Å². The first-order chi connectivity index (χ1) is 14.2. The van der Waals surface area contributed by atoms with Gasteiger partial charge in [0.25, 0.3) is 5.91 Å². The lowest BCUT2D eigenvalue weighted by atomic mass is 10.1. The van der Waals surface area contributed by atoms with Crippen LogP contribution in [0.25, 0.3) is 0 Å². The standard InChI is InChI=1S/C21H28N6O3/c1-21(2,3)30-20(29)25-15-9-11-27(12-10-15)19-23-13-16(17(22)26-19)18(28)24-14-7-5-4-6-8-14/h4-8,13,15H,9-12H2,1-3H3,(H,24,28)(H,25,29)(H2,22,23,26). The van der Waals surface area contributed by atoms with Crippen LogP contribution in [0.3, 0.4) is 0 Å². The van der Waals surface area contributed by atoms with Gasteiger partial charge in [-0.15, -0.1) is 0 Å². The first-order valence-corrected chi connectivity index (χ1v) is 9.94. The lowest BCUT2D eigenvalue weighted by molar-refractivity contribution is 0.0497. The topological polar surface area (TPSA) is 122 Å². The summed E-state index contributed by atoms with van der Waals surface area (Å²) in [7, 11) is 0. The van der Waals surface area contributed by atoms with E-state index in [9.17, 15) is 9.59 Å². The Kier molecular flexibility index (Phi) is 6.39. The summed E-state index contributed by atoms with van der Waals surface area (Å²) in [6, 6.07) is 9.15. The van der Waals surface area contributed by atoms with E-state index >= 15 is 0 Å². The van der Waals surface area contributed by atoms with Gasteiger partial charge in [0.1, 0.15) is 17.0 Å². The Bertz CT molecular complexity index is 889. The maximum atomic E-state index is 12.4. The second-order valence-corrected chi connectivity index (χ2v) is 8.20. The molecule has 2 amide bonds. The number of ether oxygens (including phenoxy) is 1. The summed E-state index contributed by atoms with van der Waals surface area (Å²) in [5.41, 5.74) is 6.40. The van der Waals surface area contributed by atoms with Crippen molar-refractivity contribution < 1.29 is 14.3 Å². The number of para-hydroxylation sites is 1. The molecule has 4 N–H and O–H groups in total. The molecule has 1 aromatic carbocycles. The number of carbonyl (C=O) groups excluding carboxylic acids is 2. The van der Waals surface area contributed by atoms with Gasteiger partial charge in [0.15, 0.2) is 0 Å². The summed E-state index contributed by atoms with van der Waals surface area (Å²) >= 11 is 0. The number of benzene rings is 1. The zero-order valence-corrected chi connectivity index (χ0v) is 17.5. The van der Waals surface area contributed by atoms with Crippen LogP contribution in [0.4, 0.5) is 22.2 Å². The van der Waals surface area contributed by atoms with Crippen molar-refractivity contribution in [3.63, 3.8) is 0 Å². The van der Waals surface area contributed by atoms with Crippen LogP contribution in [0, 0.1) is 0 Å². The summed E-state index contributed by atoms with van der Waals surface area (Å²) in [5.74, 6) is 0.243. The van der Waals surface area contributed by atoms with Crippen molar-refractivity contribution in [3.05, 3.63) is 42.1 Å². The first kappa shape index (κ1) is 21.4. The van der Waals surface area contributed by atoms with E-state index in [0.717, 1.165) is 12.8 Å². The molecule has 0 atom stereocenters. The van der Waals surface area contributed by atoms with Crippen LogP contribution in [-0.2, 0) is 4.74 Å². The molecule has 0 bridgehead atoms. The summed E-state index contributed by atoms with van der Waals surface area (Å²) in [5, 5.41) is 5.67. The van der Waals surface area contributed by atoms with Gasteiger partial charge in [0.05, 0.1) is 0 Å². The highest BCUT2D eigenvalue weighted by molar-refractivity contribution is 6.07. The summed E-state index contributed by atoms with van der Waals surface area (Å²) in [4.78, 5) is 35.0. The lowest BCUT2D eigenvalue weighted by Gasteiger charge is -2.32. The second kappa shape index (κ2) is 8.98. The fourth-order valence-corrected chi connectivity index (χ4v) is 3.13. The SMILES string of the molecule is CC(C)(C)OC(=O)NC1CCN(c2ncc(C(=O)Nc3ccccc3)c(N)n2)CC1. The molecule has 0 spiro atoms.